The molecule has 4 aromatic rings. The summed E-state index contributed by atoms with van der Waals surface area (Å²) in [6, 6.07) is 26.1. The highest BCUT2D eigenvalue weighted by Crippen LogP contribution is 2.36. The van der Waals surface area contributed by atoms with Gasteiger partial charge in [-0.2, -0.15) is 0 Å². The lowest BCUT2D eigenvalue weighted by Gasteiger charge is -2.34. The van der Waals surface area contributed by atoms with Crippen LogP contribution in [0, 0.1) is 5.82 Å². The number of amides is 2. The van der Waals surface area contributed by atoms with E-state index >= 15 is 0 Å². The molecule has 2 amide bonds. The van der Waals surface area contributed by atoms with Gasteiger partial charge in [0.15, 0.2) is 0 Å². The molecule has 0 spiro atoms. The van der Waals surface area contributed by atoms with Gasteiger partial charge in [-0.15, -0.1) is 0 Å². The highest BCUT2D eigenvalue weighted by atomic mass is 32.2. The molecule has 0 aliphatic rings. The van der Waals surface area contributed by atoms with E-state index in [-0.39, 0.29) is 29.3 Å². The molecule has 0 saturated heterocycles. The molecule has 4 rings (SSSR count). The molecule has 4 aromatic carbocycles. The van der Waals surface area contributed by atoms with Gasteiger partial charge < -0.3 is 19.7 Å². The third-order valence-corrected chi connectivity index (χ3v) is 8.93. The van der Waals surface area contributed by atoms with Gasteiger partial charge in [0.05, 0.1) is 24.8 Å². The first-order valence-corrected chi connectivity index (χ1v) is 15.8. The van der Waals surface area contributed by atoms with Gasteiger partial charge in [-0.25, -0.2) is 12.8 Å². The second kappa shape index (κ2) is 15.2. The van der Waals surface area contributed by atoms with Crippen LogP contribution in [0.5, 0.6) is 11.5 Å². The molecule has 236 valence electrons. The Morgan fingerprint density at radius 2 is 1.49 bits per heavy atom. The molecule has 1 unspecified atom stereocenters. The largest absolute Gasteiger partial charge is 0.497 e. The Kier molecular flexibility index (Phi) is 11.2. The molecule has 1 N–H and O–H groups in total. The number of likely N-dealkylation sites (N-methyl/N-ethyl adjacent to an activating group) is 1. The van der Waals surface area contributed by atoms with Crippen molar-refractivity contribution in [3.8, 4) is 11.5 Å². The number of nitrogens with zero attached hydrogens (tertiary/aromatic N) is 2. The van der Waals surface area contributed by atoms with Crippen LogP contribution in [0.25, 0.3) is 0 Å². The number of rotatable bonds is 14. The number of carbonyl (C=O) groups is 2. The maximum absolute atomic E-state index is 14.5. The van der Waals surface area contributed by atoms with E-state index < -0.39 is 40.2 Å². The van der Waals surface area contributed by atoms with Crippen molar-refractivity contribution in [2.24, 2.45) is 0 Å². The van der Waals surface area contributed by atoms with E-state index in [1.165, 1.54) is 61.6 Å². The molecule has 0 radical (unpaired) electrons. The highest BCUT2D eigenvalue weighted by molar-refractivity contribution is 7.92. The van der Waals surface area contributed by atoms with Crippen molar-refractivity contribution in [1.29, 1.82) is 0 Å². The third kappa shape index (κ3) is 8.18. The number of sulfonamides is 1. The van der Waals surface area contributed by atoms with Gasteiger partial charge in [-0.05, 0) is 54.4 Å². The molecule has 45 heavy (non-hydrogen) atoms. The zero-order valence-corrected chi connectivity index (χ0v) is 26.2. The van der Waals surface area contributed by atoms with E-state index in [9.17, 15) is 22.4 Å². The minimum absolute atomic E-state index is 0.0441. The summed E-state index contributed by atoms with van der Waals surface area (Å²) in [5, 5.41) is 2.81. The average Bonchev–Trinajstić information content (AvgIpc) is 3.06. The molecule has 0 heterocycles. The summed E-state index contributed by atoms with van der Waals surface area (Å²) in [5.41, 5.74) is 1.44. The van der Waals surface area contributed by atoms with Crippen LogP contribution in [-0.4, -0.2) is 58.5 Å². The molecular weight excluding hydrogens is 597 g/mol. The fraction of sp³-hybridized carbons (Fsp3) is 0.235. The molecular formula is C34H36FN3O6S. The van der Waals surface area contributed by atoms with E-state index in [4.69, 9.17) is 9.47 Å². The maximum Gasteiger partial charge on any atom is 0.264 e. The van der Waals surface area contributed by atoms with Crippen molar-refractivity contribution in [1.82, 2.24) is 10.2 Å². The molecule has 0 fully saturated rings. The molecule has 0 aliphatic heterocycles. The van der Waals surface area contributed by atoms with Crippen molar-refractivity contribution in [2.45, 2.75) is 30.8 Å². The Hall–Kier alpha value is -4.90. The zero-order chi connectivity index (χ0) is 32.4. The summed E-state index contributed by atoms with van der Waals surface area (Å²) in [4.78, 5) is 29.3. The molecule has 0 saturated carbocycles. The smallest absolute Gasteiger partial charge is 0.264 e. The van der Waals surface area contributed by atoms with Crippen molar-refractivity contribution < 1.29 is 31.9 Å². The van der Waals surface area contributed by atoms with Gasteiger partial charge in [0.1, 0.15) is 29.9 Å². The lowest BCUT2D eigenvalue weighted by Crippen LogP contribution is -2.53. The number of anilines is 1. The number of benzene rings is 4. The normalized spacial score (nSPS) is 11.7. The van der Waals surface area contributed by atoms with Crippen LogP contribution >= 0.6 is 0 Å². The minimum Gasteiger partial charge on any atom is -0.497 e. The van der Waals surface area contributed by atoms with Crippen molar-refractivity contribution >= 4 is 27.5 Å². The van der Waals surface area contributed by atoms with E-state index in [0.717, 1.165) is 9.87 Å². The van der Waals surface area contributed by atoms with Gasteiger partial charge in [-0.1, -0.05) is 60.7 Å². The fourth-order valence-corrected chi connectivity index (χ4v) is 6.29. The van der Waals surface area contributed by atoms with Gasteiger partial charge in [0.2, 0.25) is 11.8 Å². The zero-order valence-electron chi connectivity index (χ0n) is 25.4. The maximum atomic E-state index is 14.5. The highest BCUT2D eigenvalue weighted by Gasteiger charge is 2.35. The standard InChI is InChI=1S/C34H36FN3O6S/c1-4-36-34(40)31(21-25-11-7-5-8-12-25)37(23-26-15-17-27(35)18-16-26)33(39)24-38(45(41,42)29-13-9-6-10-14-29)30-22-28(43-2)19-20-32(30)44-3/h5-20,22,31H,4,21,23-24H2,1-3H3,(H,36,40). The second-order valence-electron chi connectivity index (χ2n) is 10.1. The summed E-state index contributed by atoms with van der Waals surface area (Å²) < 4.78 is 54.0. The van der Waals surface area contributed by atoms with Crippen molar-refractivity contribution in [3.63, 3.8) is 0 Å². The van der Waals surface area contributed by atoms with Gasteiger partial charge >= 0.3 is 0 Å². The van der Waals surface area contributed by atoms with E-state index in [1.54, 1.807) is 37.3 Å². The molecule has 9 nitrogen and oxygen atoms in total. The minimum atomic E-state index is -4.33. The number of nitrogens with one attached hydrogen (secondary N) is 1. The van der Waals surface area contributed by atoms with Crippen LogP contribution in [0.1, 0.15) is 18.1 Å². The number of hydrogen-bond acceptors (Lipinski definition) is 6. The Labute approximate surface area is 263 Å². The number of carbonyl (C=O) groups excluding carboxylic acids is 2. The van der Waals surface area contributed by atoms with E-state index in [1.807, 2.05) is 30.3 Å². The van der Waals surface area contributed by atoms with Crippen LogP contribution in [-0.2, 0) is 32.6 Å². The van der Waals surface area contributed by atoms with E-state index in [0.29, 0.717) is 17.9 Å². The Morgan fingerprint density at radius 1 is 0.844 bits per heavy atom. The lowest BCUT2D eigenvalue weighted by atomic mass is 10.0. The number of halogens is 1. The predicted molar refractivity (Wildman–Crippen MR) is 170 cm³/mol. The quantitative estimate of drug-likeness (QED) is 0.214. The molecule has 0 bridgehead atoms. The van der Waals surface area contributed by atoms with Gasteiger partial charge in [0.25, 0.3) is 10.0 Å². The fourth-order valence-electron chi connectivity index (χ4n) is 4.86. The molecule has 0 aliphatic carbocycles. The monoisotopic (exact) mass is 633 g/mol. The Morgan fingerprint density at radius 3 is 2.09 bits per heavy atom. The number of ether oxygens (including phenoxy) is 2. The Bertz CT molecular complexity index is 1690. The molecule has 1 atom stereocenters. The predicted octanol–water partition coefficient (Wildman–Crippen LogP) is 4.81. The first-order valence-electron chi connectivity index (χ1n) is 14.3. The first kappa shape index (κ1) is 33.0. The summed E-state index contributed by atoms with van der Waals surface area (Å²) in [7, 11) is -1.50. The summed E-state index contributed by atoms with van der Waals surface area (Å²) in [5.74, 6) is -0.979. The summed E-state index contributed by atoms with van der Waals surface area (Å²) in [6.45, 7) is 1.33. The molecule has 0 aromatic heterocycles. The van der Waals surface area contributed by atoms with Gasteiger partial charge in [0, 0.05) is 25.6 Å². The van der Waals surface area contributed by atoms with Crippen LogP contribution < -0.4 is 19.1 Å². The summed E-state index contributed by atoms with van der Waals surface area (Å²) in [6.07, 6.45) is 0.160. The Balaban J connectivity index is 1.84. The average molecular weight is 634 g/mol. The van der Waals surface area contributed by atoms with E-state index in [2.05, 4.69) is 5.32 Å². The van der Waals surface area contributed by atoms with Crippen molar-refractivity contribution in [2.75, 3.05) is 31.6 Å². The van der Waals surface area contributed by atoms with Crippen LogP contribution in [0.15, 0.2) is 108 Å². The van der Waals surface area contributed by atoms with Gasteiger partial charge in [-0.3, -0.25) is 13.9 Å². The SMILES string of the molecule is CCNC(=O)C(Cc1ccccc1)N(Cc1ccc(F)cc1)C(=O)CN(c1cc(OC)ccc1OC)S(=O)(=O)c1ccccc1. The number of methoxy groups -OCH3 is 2. The van der Waals surface area contributed by atoms with Crippen LogP contribution in [0.4, 0.5) is 10.1 Å². The topological polar surface area (TPSA) is 105 Å². The summed E-state index contributed by atoms with van der Waals surface area (Å²) >= 11 is 0. The lowest BCUT2D eigenvalue weighted by molar-refractivity contribution is -0.140. The van der Waals surface area contributed by atoms with Crippen LogP contribution in [0.3, 0.4) is 0 Å². The number of hydrogen-bond donors (Lipinski definition) is 1. The third-order valence-electron chi connectivity index (χ3n) is 7.15. The first-order chi connectivity index (χ1) is 21.7. The van der Waals surface area contributed by atoms with Crippen molar-refractivity contribution in [3.05, 3.63) is 120 Å². The second-order valence-corrected chi connectivity index (χ2v) is 12.0. The molecule has 11 heteroatoms. The van der Waals surface area contributed by atoms with Crippen LogP contribution in [0.2, 0.25) is 0 Å².